The van der Waals surface area contributed by atoms with Gasteiger partial charge in [0, 0.05) is 6.54 Å². The van der Waals surface area contributed by atoms with Crippen LogP contribution in [0.1, 0.15) is 10.5 Å². The molecule has 2 heterocycles. The van der Waals surface area contributed by atoms with Crippen LogP contribution in [-0.2, 0) is 9.53 Å². The number of rotatable bonds is 3. The number of hydrogen-bond acceptors (Lipinski definition) is 6. The van der Waals surface area contributed by atoms with Crippen LogP contribution in [0.4, 0.5) is 11.5 Å². The number of nitrogens with zero attached hydrogens (tertiary/aromatic N) is 2. The van der Waals surface area contributed by atoms with Crippen molar-refractivity contribution in [3.63, 3.8) is 0 Å². The van der Waals surface area contributed by atoms with Crippen molar-refractivity contribution in [3.05, 3.63) is 17.8 Å². The Balaban J connectivity index is 2.40. The number of amides is 1. The van der Waals surface area contributed by atoms with Gasteiger partial charge in [-0.15, -0.1) is 0 Å². The largest absolute Gasteiger partial charge is 0.477 e. The van der Waals surface area contributed by atoms with Crippen LogP contribution in [0, 0.1) is 0 Å². The molecule has 1 atom stereocenters. The van der Waals surface area contributed by atoms with Crippen LogP contribution >= 0.6 is 0 Å². The summed E-state index contributed by atoms with van der Waals surface area (Å²) in [7, 11) is 0. The third-order valence-corrected chi connectivity index (χ3v) is 2.85. The molecule has 1 aliphatic rings. The molecule has 5 N–H and O–H groups in total. The van der Waals surface area contributed by atoms with E-state index in [9.17, 15) is 9.59 Å². The molecule has 102 valence electrons. The lowest BCUT2D eigenvalue weighted by Crippen LogP contribution is -2.53. The molecular formula is C11H14N4O4. The molecule has 1 aliphatic heterocycles. The number of primary amides is 1. The van der Waals surface area contributed by atoms with Gasteiger partial charge in [0.1, 0.15) is 6.04 Å². The van der Waals surface area contributed by atoms with E-state index in [4.69, 9.17) is 21.3 Å². The highest BCUT2D eigenvalue weighted by Crippen LogP contribution is 2.24. The normalized spacial score (nSPS) is 19.2. The zero-order valence-electron chi connectivity index (χ0n) is 10.1. The summed E-state index contributed by atoms with van der Waals surface area (Å²) in [6.45, 7) is 0.893. The number of pyridine rings is 1. The summed E-state index contributed by atoms with van der Waals surface area (Å²) in [5.41, 5.74) is 11.2. The molecule has 1 aromatic heterocycles. The number of anilines is 2. The summed E-state index contributed by atoms with van der Waals surface area (Å²) in [5.74, 6) is -1.49. The van der Waals surface area contributed by atoms with E-state index in [1.54, 1.807) is 4.90 Å². The number of hydrogen-bond donors (Lipinski definition) is 3. The fourth-order valence-electron chi connectivity index (χ4n) is 1.90. The van der Waals surface area contributed by atoms with E-state index < -0.39 is 17.9 Å². The molecule has 1 amide bonds. The van der Waals surface area contributed by atoms with E-state index in [0.717, 1.165) is 0 Å². The van der Waals surface area contributed by atoms with Gasteiger partial charge in [-0.2, -0.15) is 0 Å². The second-order valence-electron chi connectivity index (χ2n) is 4.10. The number of nitrogen functional groups attached to an aromatic ring is 1. The van der Waals surface area contributed by atoms with E-state index >= 15 is 0 Å². The number of aromatic nitrogens is 1. The lowest BCUT2D eigenvalue weighted by molar-refractivity contribution is -0.121. The first-order valence-corrected chi connectivity index (χ1v) is 5.64. The molecule has 1 fully saturated rings. The molecule has 1 unspecified atom stereocenters. The molecule has 1 saturated heterocycles. The monoisotopic (exact) mass is 266 g/mol. The van der Waals surface area contributed by atoms with E-state index in [0.29, 0.717) is 13.2 Å². The smallest absolute Gasteiger partial charge is 0.354 e. The number of carboxylic acid groups (broad SMARTS) is 1. The fourth-order valence-corrected chi connectivity index (χ4v) is 1.90. The van der Waals surface area contributed by atoms with Crippen molar-refractivity contribution >= 4 is 23.4 Å². The van der Waals surface area contributed by atoms with E-state index in [2.05, 4.69) is 4.98 Å². The maximum absolute atomic E-state index is 11.4. The zero-order chi connectivity index (χ0) is 14.0. The quantitative estimate of drug-likeness (QED) is 0.642. The highest BCUT2D eigenvalue weighted by atomic mass is 16.5. The van der Waals surface area contributed by atoms with Crippen LogP contribution in [-0.4, -0.2) is 47.8 Å². The average Bonchev–Trinajstić information content (AvgIpc) is 2.39. The van der Waals surface area contributed by atoms with Crippen molar-refractivity contribution in [3.8, 4) is 0 Å². The predicted molar refractivity (Wildman–Crippen MR) is 66.8 cm³/mol. The first kappa shape index (κ1) is 13.1. The Hall–Kier alpha value is -2.35. The minimum atomic E-state index is -1.16. The van der Waals surface area contributed by atoms with Crippen LogP contribution < -0.4 is 16.4 Å². The van der Waals surface area contributed by atoms with Gasteiger partial charge in [-0.05, 0) is 12.1 Å². The highest BCUT2D eigenvalue weighted by Gasteiger charge is 2.30. The summed E-state index contributed by atoms with van der Waals surface area (Å²) in [4.78, 5) is 27.9. The number of carbonyl (C=O) groups is 2. The third-order valence-electron chi connectivity index (χ3n) is 2.85. The van der Waals surface area contributed by atoms with Crippen molar-refractivity contribution in [1.29, 1.82) is 0 Å². The summed E-state index contributed by atoms with van der Waals surface area (Å²) in [6.07, 6.45) is 0. The van der Waals surface area contributed by atoms with E-state index in [1.807, 2.05) is 0 Å². The van der Waals surface area contributed by atoms with Gasteiger partial charge in [0.15, 0.2) is 11.5 Å². The van der Waals surface area contributed by atoms with Crippen molar-refractivity contribution in [2.45, 2.75) is 6.04 Å². The van der Waals surface area contributed by atoms with Gasteiger partial charge >= 0.3 is 5.97 Å². The Kier molecular flexibility index (Phi) is 3.52. The van der Waals surface area contributed by atoms with Crippen molar-refractivity contribution in [1.82, 2.24) is 4.98 Å². The zero-order valence-corrected chi connectivity index (χ0v) is 10.1. The molecular weight excluding hydrogens is 252 g/mol. The first-order chi connectivity index (χ1) is 9.00. The van der Waals surface area contributed by atoms with Crippen molar-refractivity contribution in [2.24, 2.45) is 5.73 Å². The molecule has 0 radical (unpaired) electrons. The standard InChI is InChI=1S/C11H14N4O4/c12-6-1-2-7(11(17)18)14-10(6)15-3-4-19-5-8(15)9(13)16/h1-2,8H,3-5,12H2,(H2,13,16)(H,17,18). The molecule has 0 saturated carbocycles. The van der Waals surface area contributed by atoms with Crippen molar-refractivity contribution in [2.75, 3.05) is 30.4 Å². The molecule has 1 aromatic rings. The molecule has 2 rings (SSSR count). The molecule has 0 aliphatic carbocycles. The van der Waals surface area contributed by atoms with Crippen LogP contribution in [0.25, 0.3) is 0 Å². The Morgan fingerprint density at radius 3 is 2.84 bits per heavy atom. The second-order valence-corrected chi connectivity index (χ2v) is 4.10. The van der Waals surface area contributed by atoms with Gasteiger partial charge < -0.3 is 26.2 Å². The van der Waals surface area contributed by atoms with Gasteiger partial charge in [-0.25, -0.2) is 9.78 Å². The van der Waals surface area contributed by atoms with E-state index in [1.165, 1.54) is 12.1 Å². The van der Waals surface area contributed by atoms with Crippen LogP contribution in [0.15, 0.2) is 12.1 Å². The molecule has 0 bridgehead atoms. The molecule has 0 aromatic carbocycles. The lowest BCUT2D eigenvalue weighted by Gasteiger charge is -2.35. The minimum absolute atomic E-state index is 0.133. The van der Waals surface area contributed by atoms with Crippen LogP contribution in [0.2, 0.25) is 0 Å². The number of ether oxygens (including phenoxy) is 1. The van der Waals surface area contributed by atoms with E-state index in [-0.39, 0.29) is 23.8 Å². The first-order valence-electron chi connectivity index (χ1n) is 5.64. The Bertz CT molecular complexity index is 519. The minimum Gasteiger partial charge on any atom is -0.477 e. The second kappa shape index (κ2) is 5.11. The summed E-state index contributed by atoms with van der Waals surface area (Å²) in [6, 6.07) is 2.05. The Labute approximate surface area is 109 Å². The summed E-state index contributed by atoms with van der Waals surface area (Å²) < 4.78 is 5.19. The number of nitrogens with two attached hydrogens (primary N) is 2. The van der Waals surface area contributed by atoms with Crippen LogP contribution in [0.3, 0.4) is 0 Å². The predicted octanol–water partition coefficient (Wildman–Crippen LogP) is -0.947. The number of carboxylic acids is 1. The maximum atomic E-state index is 11.4. The average molecular weight is 266 g/mol. The van der Waals surface area contributed by atoms with Crippen molar-refractivity contribution < 1.29 is 19.4 Å². The highest BCUT2D eigenvalue weighted by molar-refractivity contribution is 5.88. The molecule has 19 heavy (non-hydrogen) atoms. The fraction of sp³-hybridized carbons (Fsp3) is 0.364. The van der Waals surface area contributed by atoms with Gasteiger partial charge in [-0.1, -0.05) is 0 Å². The van der Waals surface area contributed by atoms with Gasteiger partial charge in [0.25, 0.3) is 0 Å². The van der Waals surface area contributed by atoms with Gasteiger partial charge in [0.05, 0.1) is 18.9 Å². The number of morpholine rings is 1. The Morgan fingerprint density at radius 1 is 1.47 bits per heavy atom. The lowest BCUT2D eigenvalue weighted by atomic mass is 10.2. The topological polar surface area (TPSA) is 132 Å². The SMILES string of the molecule is NC(=O)C1COCCN1c1nc(C(=O)O)ccc1N. The number of aromatic carboxylic acids is 1. The van der Waals surface area contributed by atoms with Crippen LogP contribution in [0.5, 0.6) is 0 Å². The molecule has 8 nitrogen and oxygen atoms in total. The van der Waals surface area contributed by atoms with Gasteiger partial charge in [0.2, 0.25) is 5.91 Å². The maximum Gasteiger partial charge on any atom is 0.354 e. The number of carbonyl (C=O) groups excluding carboxylic acids is 1. The molecule has 0 spiro atoms. The third kappa shape index (κ3) is 2.58. The molecule has 8 heteroatoms. The van der Waals surface area contributed by atoms with Gasteiger partial charge in [-0.3, -0.25) is 4.79 Å². The summed E-state index contributed by atoms with van der Waals surface area (Å²) in [5, 5.41) is 8.94. The Morgan fingerprint density at radius 2 is 2.21 bits per heavy atom. The summed E-state index contributed by atoms with van der Waals surface area (Å²) >= 11 is 0.